The molecule has 0 spiro atoms. The van der Waals surface area contributed by atoms with Crippen LogP contribution in [0, 0.1) is 0 Å². The number of hydrogen-bond acceptors (Lipinski definition) is 4. The van der Waals surface area contributed by atoms with Crippen LogP contribution >= 0.6 is 11.6 Å². The number of anilines is 1. The lowest BCUT2D eigenvalue weighted by Gasteiger charge is -2.09. The van der Waals surface area contributed by atoms with Crippen molar-refractivity contribution in [2.75, 3.05) is 12.4 Å². The van der Waals surface area contributed by atoms with Gasteiger partial charge in [0.15, 0.2) is 0 Å². The Morgan fingerprint density at radius 2 is 1.88 bits per heavy atom. The lowest BCUT2D eigenvalue weighted by molar-refractivity contribution is 0.102. The highest BCUT2D eigenvalue weighted by molar-refractivity contribution is 6.30. The van der Waals surface area contributed by atoms with Crippen molar-refractivity contribution in [3.63, 3.8) is 0 Å². The highest BCUT2D eigenvalue weighted by atomic mass is 35.5. The number of aromatic amines is 1. The summed E-state index contributed by atoms with van der Waals surface area (Å²) in [5.74, 6) is -0.0798. The van der Waals surface area contributed by atoms with E-state index in [9.17, 15) is 14.4 Å². The third-order valence-electron chi connectivity index (χ3n) is 3.63. The number of carbonyl (C=O) groups is 1. The van der Waals surface area contributed by atoms with Gasteiger partial charge < -0.3 is 15.0 Å². The molecule has 0 unspecified atom stereocenters. The predicted octanol–water partition coefficient (Wildman–Crippen LogP) is 2.44. The van der Waals surface area contributed by atoms with Gasteiger partial charge in [-0.1, -0.05) is 17.7 Å². The van der Waals surface area contributed by atoms with Crippen LogP contribution < -0.4 is 21.3 Å². The van der Waals surface area contributed by atoms with Crippen LogP contribution in [0.25, 0.3) is 5.69 Å². The molecule has 0 radical (unpaired) electrons. The molecule has 7 nitrogen and oxygen atoms in total. The molecule has 2 aromatic carbocycles. The minimum Gasteiger partial charge on any atom is -0.497 e. The van der Waals surface area contributed by atoms with E-state index in [4.69, 9.17) is 16.3 Å². The van der Waals surface area contributed by atoms with Crippen LogP contribution in [0.1, 0.15) is 10.4 Å². The largest absolute Gasteiger partial charge is 0.497 e. The molecule has 3 rings (SSSR count). The molecule has 1 aromatic heterocycles. The fourth-order valence-corrected chi connectivity index (χ4v) is 2.56. The van der Waals surface area contributed by atoms with Gasteiger partial charge in [0.05, 0.1) is 12.8 Å². The molecular formula is C18H14ClN3O4. The van der Waals surface area contributed by atoms with Gasteiger partial charge in [-0.15, -0.1) is 0 Å². The quantitative estimate of drug-likeness (QED) is 0.736. The molecule has 8 heteroatoms. The van der Waals surface area contributed by atoms with Crippen molar-refractivity contribution in [1.29, 1.82) is 0 Å². The number of hydrogen-bond donors (Lipinski definition) is 2. The van der Waals surface area contributed by atoms with Crippen LogP contribution in [-0.2, 0) is 0 Å². The fraction of sp³-hybridized carbons (Fsp3) is 0.0556. The number of carbonyl (C=O) groups excluding carboxylic acids is 1. The van der Waals surface area contributed by atoms with Gasteiger partial charge in [-0.05, 0) is 42.5 Å². The molecule has 1 heterocycles. The topological polar surface area (TPSA) is 93.2 Å². The molecule has 2 N–H and O–H groups in total. The van der Waals surface area contributed by atoms with Crippen molar-refractivity contribution in [1.82, 2.24) is 9.55 Å². The van der Waals surface area contributed by atoms with E-state index in [0.29, 0.717) is 22.1 Å². The van der Waals surface area contributed by atoms with Gasteiger partial charge in [0.2, 0.25) is 0 Å². The number of nitrogens with zero attached hydrogens (tertiary/aromatic N) is 1. The lowest BCUT2D eigenvalue weighted by atomic mass is 10.2. The SMILES string of the molecule is COc1ccc(-n2c(=O)[nH]cc(C(=O)Nc3cccc(Cl)c3)c2=O)cc1. The molecule has 26 heavy (non-hydrogen) atoms. The molecule has 0 saturated carbocycles. The molecule has 0 aliphatic carbocycles. The summed E-state index contributed by atoms with van der Waals surface area (Å²) >= 11 is 5.88. The van der Waals surface area contributed by atoms with Crippen LogP contribution in [0.15, 0.2) is 64.3 Å². The average molecular weight is 372 g/mol. The monoisotopic (exact) mass is 371 g/mol. The number of H-pyrrole nitrogens is 1. The Morgan fingerprint density at radius 3 is 2.54 bits per heavy atom. The van der Waals surface area contributed by atoms with Crippen LogP contribution in [0.4, 0.5) is 5.69 Å². The smallest absolute Gasteiger partial charge is 0.333 e. The lowest BCUT2D eigenvalue weighted by Crippen LogP contribution is -2.38. The van der Waals surface area contributed by atoms with E-state index in [1.54, 1.807) is 48.5 Å². The maximum absolute atomic E-state index is 12.7. The summed E-state index contributed by atoms with van der Waals surface area (Å²) in [5, 5.41) is 3.02. The van der Waals surface area contributed by atoms with Gasteiger partial charge in [0, 0.05) is 16.9 Å². The Kier molecular flexibility index (Phi) is 4.90. The Hall–Kier alpha value is -3.32. The first kappa shape index (κ1) is 17.5. The van der Waals surface area contributed by atoms with Gasteiger partial charge in [-0.25, -0.2) is 9.36 Å². The van der Waals surface area contributed by atoms with Gasteiger partial charge in [0.1, 0.15) is 11.3 Å². The number of nitrogens with one attached hydrogen (secondary N) is 2. The average Bonchev–Trinajstić information content (AvgIpc) is 2.62. The number of ether oxygens (including phenoxy) is 1. The van der Waals surface area contributed by atoms with Gasteiger partial charge >= 0.3 is 5.69 Å². The first-order chi connectivity index (χ1) is 12.5. The highest BCUT2D eigenvalue weighted by Gasteiger charge is 2.16. The summed E-state index contributed by atoms with van der Waals surface area (Å²) in [4.78, 5) is 39.6. The second-order valence-electron chi connectivity index (χ2n) is 5.31. The summed E-state index contributed by atoms with van der Waals surface area (Å²) in [6.07, 6.45) is 1.09. The van der Waals surface area contributed by atoms with E-state index in [1.165, 1.54) is 7.11 Å². The predicted molar refractivity (Wildman–Crippen MR) is 98.6 cm³/mol. The molecule has 1 amide bonds. The summed E-state index contributed by atoms with van der Waals surface area (Å²) < 4.78 is 5.94. The van der Waals surface area contributed by atoms with E-state index in [1.807, 2.05) is 0 Å². The normalized spacial score (nSPS) is 10.4. The minimum atomic E-state index is -0.738. The van der Waals surface area contributed by atoms with Crippen LogP contribution in [0.2, 0.25) is 5.02 Å². The summed E-state index contributed by atoms with van der Waals surface area (Å²) in [6, 6.07) is 12.8. The fourth-order valence-electron chi connectivity index (χ4n) is 2.37. The van der Waals surface area contributed by atoms with E-state index in [2.05, 4.69) is 10.3 Å². The molecular weight excluding hydrogens is 358 g/mol. The van der Waals surface area contributed by atoms with E-state index in [0.717, 1.165) is 10.8 Å². The Morgan fingerprint density at radius 1 is 1.15 bits per heavy atom. The van der Waals surface area contributed by atoms with Crippen LogP contribution in [0.5, 0.6) is 5.75 Å². The number of rotatable bonds is 4. The van der Waals surface area contributed by atoms with Crippen LogP contribution in [0.3, 0.4) is 0 Å². The minimum absolute atomic E-state index is 0.208. The Bertz CT molecular complexity index is 1070. The van der Waals surface area contributed by atoms with Crippen molar-refractivity contribution < 1.29 is 9.53 Å². The maximum atomic E-state index is 12.7. The van der Waals surface area contributed by atoms with Crippen molar-refractivity contribution in [3.8, 4) is 11.4 Å². The zero-order valence-corrected chi connectivity index (χ0v) is 14.4. The number of benzene rings is 2. The zero-order valence-electron chi connectivity index (χ0n) is 13.7. The molecule has 0 fully saturated rings. The molecule has 3 aromatic rings. The Balaban J connectivity index is 2.00. The second kappa shape index (κ2) is 7.28. The van der Waals surface area contributed by atoms with Crippen LogP contribution in [-0.4, -0.2) is 22.6 Å². The number of halogens is 1. The second-order valence-corrected chi connectivity index (χ2v) is 5.75. The maximum Gasteiger partial charge on any atom is 0.333 e. The van der Waals surface area contributed by atoms with Crippen molar-refractivity contribution in [2.24, 2.45) is 0 Å². The van der Waals surface area contributed by atoms with Gasteiger partial charge in [-0.3, -0.25) is 9.59 Å². The van der Waals surface area contributed by atoms with Gasteiger partial charge in [0.25, 0.3) is 11.5 Å². The standard InChI is InChI=1S/C18H14ClN3O4/c1-26-14-7-5-13(6-8-14)22-17(24)15(10-20-18(22)25)16(23)21-12-4-2-3-11(19)9-12/h2-10H,1H3,(H,20,25)(H,21,23). The van der Waals surface area contributed by atoms with E-state index < -0.39 is 17.2 Å². The summed E-state index contributed by atoms with van der Waals surface area (Å²) in [7, 11) is 1.51. The number of amides is 1. The van der Waals surface area contributed by atoms with Crippen molar-refractivity contribution in [2.45, 2.75) is 0 Å². The van der Waals surface area contributed by atoms with Crippen molar-refractivity contribution in [3.05, 3.63) is 86.2 Å². The van der Waals surface area contributed by atoms with Gasteiger partial charge in [-0.2, -0.15) is 0 Å². The molecule has 0 aliphatic heterocycles. The zero-order chi connectivity index (χ0) is 18.7. The first-order valence-corrected chi connectivity index (χ1v) is 7.93. The summed E-state index contributed by atoms with van der Waals surface area (Å²) in [5.41, 5.74) is -0.850. The van der Waals surface area contributed by atoms with E-state index in [-0.39, 0.29) is 5.56 Å². The van der Waals surface area contributed by atoms with E-state index >= 15 is 0 Å². The molecule has 0 bridgehead atoms. The molecule has 0 aliphatic rings. The summed E-state index contributed by atoms with van der Waals surface area (Å²) in [6.45, 7) is 0. The highest BCUT2D eigenvalue weighted by Crippen LogP contribution is 2.15. The molecule has 0 saturated heterocycles. The molecule has 132 valence electrons. The first-order valence-electron chi connectivity index (χ1n) is 7.55. The number of aromatic nitrogens is 2. The third kappa shape index (κ3) is 3.52. The van der Waals surface area contributed by atoms with Crippen molar-refractivity contribution >= 4 is 23.2 Å². The Labute approximate surface area is 152 Å². The third-order valence-corrected chi connectivity index (χ3v) is 3.87. The molecule has 0 atom stereocenters. The number of methoxy groups -OCH3 is 1.